The van der Waals surface area contributed by atoms with Gasteiger partial charge in [-0.2, -0.15) is 0 Å². The molecule has 0 saturated heterocycles. The van der Waals surface area contributed by atoms with Crippen molar-refractivity contribution in [2.75, 3.05) is 5.32 Å². The molecule has 8 heteroatoms. The van der Waals surface area contributed by atoms with Crippen LogP contribution >= 0.6 is 11.6 Å². The minimum Gasteiger partial charge on any atom is -0.487 e. The third-order valence-corrected chi connectivity index (χ3v) is 4.45. The van der Waals surface area contributed by atoms with Gasteiger partial charge in [-0.15, -0.1) is 0 Å². The first kappa shape index (κ1) is 19.0. The van der Waals surface area contributed by atoms with Crippen LogP contribution in [0.5, 0.6) is 5.75 Å². The summed E-state index contributed by atoms with van der Waals surface area (Å²) in [7, 11) is 0. The highest BCUT2D eigenvalue weighted by molar-refractivity contribution is 6.32. The number of rotatable bonds is 5. The molecule has 0 unspecified atom stereocenters. The Hall–Kier alpha value is -3.32. The Balaban J connectivity index is 1.54. The lowest BCUT2D eigenvalue weighted by atomic mass is 10.2. The maximum atomic E-state index is 13.6. The Kier molecular flexibility index (Phi) is 5.22. The zero-order valence-corrected chi connectivity index (χ0v) is 15.6. The van der Waals surface area contributed by atoms with Gasteiger partial charge in [0.15, 0.2) is 11.6 Å². The summed E-state index contributed by atoms with van der Waals surface area (Å²) >= 11 is 6.28. The van der Waals surface area contributed by atoms with Crippen LogP contribution in [0.25, 0.3) is 10.9 Å². The molecule has 0 aliphatic carbocycles. The van der Waals surface area contributed by atoms with Crippen molar-refractivity contribution < 1.29 is 17.9 Å². The zero-order valence-electron chi connectivity index (χ0n) is 14.8. The van der Waals surface area contributed by atoms with Gasteiger partial charge in [0.25, 0.3) is 0 Å². The van der Waals surface area contributed by atoms with Crippen LogP contribution in [0.2, 0.25) is 5.02 Å². The molecule has 1 heterocycles. The Labute approximate surface area is 168 Å². The van der Waals surface area contributed by atoms with Crippen LogP contribution in [0.4, 0.5) is 24.7 Å². The van der Waals surface area contributed by atoms with Crippen molar-refractivity contribution in [2.24, 2.45) is 0 Å². The van der Waals surface area contributed by atoms with E-state index in [1.54, 1.807) is 30.3 Å². The van der Waals surface area contributed by atoms with E-state index in [1.807, 2.05) is 0 Å². The quantitative estimate of drug-likeness (QED) is 0.432. The predicted molar refractivity (Wildman–Crippen MR) is 105 cm³/mol. The Bertz CT molecular complexity index is 1200. The van der Waals surface area contributed by atoms with Crippen molar-refractivity contribution in [1.82, 2.24) is 9.97 Å². The SMILES string of the molecule is Fc1cccc(COc2ccc(Nc3ncnc4cc(F)c(F)cc34)cc2Cl)c1. The molecule has 1 N–H and O–H groups in total. The van der Waals surface area contributed by atoms with Crippen LogP contribution in [0, 0.1) is 17.5 Å². The summed E-state index contributed by atoms with van der Waals surface area (Å²) in [5, 5.41) is 3.66. The second kappa shape index (κ2) is 7.97. The Morgan fingerprint density at radius 3 is 2.55 bits per heavy atom. The average molecular weight is 416 g/mol. The molecule has 3 aromatic carbocycles. The summed E-state index contributed by atoms with van der Waals surface area (Å²) in [6.07, 6.45) is 1.25. The molecule has 0 bridgehead atoms. The fourth-order valence-corrected chi connectivity index (χ4v) is 3.01. The van der Waals surface area contributed by atoms with Gasteiger partial charge in [0, 0.05) is 17.1 Å². The van der Waals surface area contributed by atoms with Gasteiger partial charge in [0.2, 0.25) is 0 Å². The molecule has 4 rings (SSSR count). The number of benzene rings is 3. The Morgan fingerprint density at radius 1 is 0.931 bits per heavy atom. The summed E-state index contributed by atoms with van der Waals surface area (Å²) < 4.78 is 45.9. The predicted octanol–water partition coefficient (Wildman–Crippen LogP) is 6.02. The lowest BCUT2D eigenvalue weighted by Gasteiger charge is -2.12. The molecule has 29 heavy (non-hydrogen) atoms. The van der Waals surface area contributed by atoms with E-state index in [9.17, 15) is 13.2 Å². The van der Waals surface area contributed by atoms with Gasteiger partial charge in [0.05, 0.1) is 10.5 Å². The largest absolute Gasteiger partial charge is 0.487 e. The molecule has 0 radical (unpaired) electrons. The highest BCUT2D eigenvalue weighted by Crippen LogP contribution is 2.31. The molecule has 0 spiro atoms. The van der Waals surface area contributed by atoms with Crippen LogP contribution in [0.1, 0.15) is 5.56 Å². The molecule has 0 atom stereocenters. The van der Waals surface area contributed by atoms with Crippen LogP contribution in [0.15, 0.2) is 60.9 Å². The van der Waals surface area contributed by atoms with Crippen molar-refractivity contribution >= 4 is 34.0 Å². The van der Waals surface area contributed by atoms with Crippen molar-refractivity contribution in [3.63, 3.8) is 0 Å². The molecule has 0 saturated carbocycles. The van der Waals surface area contributed by atoms with Crippen molar-refractivity contribution in [2.45, 2.75) is 6.61 Å². The van der Waals surface area contributed by atoms with Crippen LogP contribution in [-0.4, -0.2) is 9.97 Å². The Morgan fingerprint density at radius 2 is 1.76 bits per heavy atom. The van der Waals surface area contributed by atoms with E-state index < -0.39 is 11.6 Å². The van der Waals surface area contributed by atoms with Gasteiger partial charge in [-0.05, 0) is 42.0 Å². The smallest absolute Gasteiger partial charge is 0.161 e. The number of nitrogens with one attached hydrogen (secondary N) is 1. The third-order valence-electron chi connectivity index (χ3n) is 4.16. The normalized spacial score (nSPS) is 10.9. The van der Waals surface area contributed by atoms with E-state index in [2.05, 4.69) is 15.3 Å². The van der Waals surface area contributed by atoms with Crippen molar-refractivity contribution in [3.8, 4) is 5.75 Å². The van der Waals surface area contributed by atoms with E-state index >= 15 is 0 Å². The van der Waals surface area contributed by atoms with Crippen molar-refractivity contribution in [3.05, 3.63) is 89.0 Å². The van der Waals surface area contributed by atoms with E-state index in [0.717, 1.165) is 12.1 Å². The van der Waals surface area contributed by atoms with Gasteiger partial charge < -0.3 is 10.1 Å². The second-order valence-corrected chi connectivity index (χ2v) is 6.60. The number of hydrogen-bond donors (Lipinski definition) is 1. The van der Waals surface area contributed by atoms with Gasteiger partial charge in [-0.1, -0.05) is 23.7 Å². The topological polar surface area (TPSA) is 47.0 Å². The molecular weight excluding hydrogens is 403 g/mol. The molecule has 0 amide bonds. The maximum Gasteiger partial charge on any atom is 0.161 e. The number of aromatic nitrogens is 2. The minimum absolute atomic E-state index is 0.158. The molecule has 0 aliphatic rings. The van der Waals surface area contributed by atoms with Gasteiger partial charge in [-0.3, -0.25) is 0 Å². The average Bonchev–Trinajstić information content (AvgIpc) is 2.69. The van der Waals surface area contributed by atoms with Gasteiger partial charge in [0.1, 0.15) is 30.3 Å². The summed E-state index contributed by atoms with van der Waals surface area (Å²) in [5.74, 6) is -1.59. The molecule has 4 aromatic rings. The first-order chi connectivity index (χ1) is 14.0. The molecular formula is C21H13ClF3N3O. The minimum atomic E-state index is -0.991. The molecule has 1 aromatic heterocycles. The number of ether oxygens (including phenoxy) is 1. The number of nitrogens with zero attached hydrogens (tertiary/aromatic N) is 2. The summed E-state index contributed by atoms with van der Waals surface area (Å²) in [6, 6.07) is 13.1. The van der Waals surface area contributed by atoms with Crippen molar-refractivity contribution in [1.29, 1.82) is 0 Å². The van der Waals surface area contributed by atoms with Gasteiger partial charge >= 0.3 is 0 Å². The van der Waals surface area contributed by atoms with Crippen LogP contribution in [-0.2, 0) is 6.61 Å². The maximum absolute atomic E-state index is 13.6. The van der Waals surface area contributed by atoms with Crippen LogP contribution in [0.3, 0.4) is 0 Å². The fourth-order valence-electron chi connectivity index (χ4n) is 2.77. The van der Waals surface area contributed by atoms with E-state index in [0.29, 0.717) is 33.2 Å². The second-order valence-electron chi connectivity index (χ2n) is 6.19. The number of hydrogen-bond acceptors (Lipinski definition) is 4. The van der Waals surface area contributed by atoms with E-state index in [-0.39, 0.29) is 17.9 Å². The summed E-state index contributed by atoms with van der Waals surface area (Å²) in [5.41, 5.74) is 1.50. The highest BCUT2D eigenvalue weighted by Gasteiger charge is 2.11. The number of anilines is 2. The summed E-state index contributed by atoms with van der Waals surface area (Å²) in [4.78, 5) is 8.03. The molecule has 0 aliphatic heterocycles. The first-order valence-electron chi connectivity index (χ1n) is 8.53. The first-order valence-corrected chi connectivity index (χ1v) is 8.91. The van der Waals surface area contributed by atoms with Gasteiger partial charge in [-0.25, -0.2) is 23.1 Å². The lowest BCUT2D eigenvalue weighted by molar-refractivity contribution is 0.306. The lowest BCUT2D eigenvalue weighted by Crippen LogP contribution is -1.99. The highest BCUT2D eigenvalue weighted by atomic mass is 35.5. The standard InChI is InChI=1S/C21H13ClF3N3O/c22-16-7-14(4-5-20(16)29-10-12-2-1-3-13(23)6-12)28-21-15-8-17(24)18(25)9-19(15)26-11-27-21/h1-9,11H,10H2,(H,26,27,28). The van der Waals surface area contributed by atoms with E-state index in [4.69, 9.17) is 16.3 Å². The fraction of sp³-hybridized carbons (Fsp3) is 0.0476. The number of fused-ring (bicyclic) bond motifs is 1. The van der Waals surface area contributed by atoms with E-state index in [1.165, 1.54) is 18.5 Å². The zero-order chi connectivity index (χ0) is 20.4. The third kappa shape index (κ3) is 4.25. The molecule has 4 nitrogen and oxygen atoms in total. The number of halogens is 4. The summed E-state index contributed by atoms with van der Waals surface area (Å²) in [6.45, 7) is 0.158. The molecule has 0 fully saturated rings. The monoisotopic (exact) mass is 415 g/mol. The molecule has 146 valence electrons. The van der Waals surface area contributed by atoms with Crippen LogP contribution < -0.4 is 10.1 Å².